The van der Waals surface area contributed by atoms with E-state index in [1.807, 2.05) is 31.2 Å². The Hall–Kier alpha value is -1.67. The second-order valence-electron chi connectivity index (χ2n) is 4.13. The highest BCUT2D eigenvalue weighted by Gasteiger charge is 2.05. The summed E-state index contributed by atoms with van der Waals surface area (Å²) in [5, 5.41) is 4.02. The van der Waals surface area contributed by atoms with Gasteiger partial charge in [0.1, 0.15) is 0 Å². The maximum Gasteiger partial charge on any atom is 0.0621 e. The number of nitrogens with two attached hydrogens (primary N) is 1. The molecule has 2 aromatic carbocycles. The van der Waals surface area contributed by atoms with E-state index >= 15 is 0 Å². The maximum atomic E-state index is 6.01. The number of rotatable bonds is 2. The van der Waals surface area contributed by atoms with E-state index in [9.17, 15) is 0 Å². The smallest absolute Gasteiger partial charge is 0.0621 e. The van der Waals surface area contributed by atoms with Crippen LogP contribution >= 0.6 is 11.6 Å². The number of aryl methyl sites for hydroxylation is 2. The molecule has 0 amide bonds. The van der Waals surface area contributed by atoms with Gasteiger partial charge in [0.25, 0.3) is 0 Å². The van der Waals surface area contributed by atoms with Gasteiger partial charge in [-0.2, -0.15) is 0 Å². The molecule has 0 atom stereocenters. The minimum absolute atomic E-state index is 0.656. The van der Waals surface area contributed by atoms with Crippen LogP contribution in [0.4, 0.5) is 17.1 Å². The summed E-state index contributed by atoms with van der Waals surface area (Å²) < 4.78 is 0. The number of nitrogens with one attached hydrogen (secondary N) is 1. The van der Waals surface area contributed by atoms with Crippen molar-refractivity contribution >= 4 is 28.7 Å². The number of para-hydroxylation sites is 1. The molecule has 0 unspecified atom stereocenters. The van der Waals surface area contributed by atoms with Gasteiger partial charge >= 0.3 is 0 Å². The Kier molecular flexibility index (Phi) is 3.25. The first-order valence-corrected chi connectivity index (χ1v) is 5.84. The molecule has 3 N–H and O–H groups in total. The van der Waals surface area contributed by atoms with Crippen LogP contribution in [0, 0.1) is 13.8 Å². The van der Waals surface area contributed by atoms with Crippen molar-refractivity contribution in [1.29, 1.82) is 0 Å². The van der Waals surface area contributed by atoms with Crippen LogP contribution in [0.1, 0.15) is 11.1 Å². The first-order valence-electron chi connectivity index (χ1n) is 5.46. The third kappa shape index (κ3) is 2.53. The van der Waals surface area contributed by atoms with Gasteiger partial charge in [-0.25, -0.2) is 0 Å². The van der Waals surface area contributed by atoms with E-state index in [4.69, 9.17) is 17.3 Å². The van der Waals surface area contributed by atoms with Crippen molar-refractivity contribution in [2.45, 2.75) is 13.8 Å². The largest absolute Gasteiger partial charge is 0.397 e. The highest BCUT2D eigenvalue weighted by atomic mass is 35.5. The molecule has 0 saturated heterocycles. The highest BCUT2D eigenvalue weighted by molar-refractivity contribution is 6.31. The summed E-state index contributed by atoms with van der Waals surface area (Å²) in [6.07, 6.45) is 0. The van der Waals surface area contributed by atoms with E-state index in [1.54, 1.807) is 6.07 Å². The molecule has 2 aromatic rings. The zero-order valence-corrected chi connectivity index (χ0v) is 10.7. The molecule has 0 aliphatic carbocycles. The molecule has 0 saturated carbocycles. The Labute approximate surface area is 106 Å². The second kappa shape index (κ2) is 4.68. The fourth-order valence-corrected chi connectivity index (χ4v) is 1.84. The molecule has 88 valence electrons. The van der Waals surface area contributed by atoms with Gasteiger partial charge in [0.15, 0.2) is 0 Å². The van der Waals surface area contributed by atoms with Crippen molar-refractivity contribution in [3.8, 4) is 0 Å². The summed E-state index contributed by atoms with van der Waals surface area (Å²) in [5.41, 5.74) is 10.7. The molecule has 2 rings (SSSR count). The molecule has 17 heavy (non-hydrogen) atoms. The average molecular weight is 247 g/mol. The van der Waals surface area contributed by atoms with Crippen LogP contribution in [-0.2, 0) is 0 Å². The number of halogens is 1. The third-order valence-electron chi connectivity index (χ3n) is 2.75. The van der Waals surface area contributed by atoms with E-state index in [0.717, 1.165) is 16.9 Å². The molecule has 0 bridgehead atoms. The van der Waals surface area contributed by atoms with Crippen LogP contribution in [0.5, 0.6) is 0 Å². The third-order valence-corrected chi connectivity index (χ3v) is 3.15. The maximum absolute atomic E-state index is 6.01. The quantitative estimate of drug-likeness (QED) is 0.776. The van der Waals surface area contributed by atoms with E-state index < -0.39 is 0 Å². The summed E-state index contributed by atoms with van der Waals surface area (Å²) in [6.45, 7) is 4.02. The summed E-state index contributed by atoms with van der Waals surface area (Å²) in [4.78, 5) is 0. The first kappa shape index (κ1) is 11.8. The predicted molar refractivity (Wildman–Crippen MR) is 75.1 cm³/mol. The topological polar surface area (TPSA) is 38.0 Å². The van der Waals surface area contributed by atoms with Gasteiger partial charge in [-0.05, 0) is 43.2 Å². The SMILES string of the molecule is Cc1cc(Nc2ccccc2C)c(N)cc1Cl. The Morgan fingerprint density at radius 3 is 2.41 bits per heavy atom. The fraction of sp³-hybridized carbons (Fsp3) is 0.143. The fourth-order valence-electron chi connectivity index (χ4n) is 1.66. The number of nitrogen functional groups attached to an aromatic ring is 1. The Morgan fingerprint density at radius 1 is 1.00 bits per heavy atom. The molecule has 0 aromatic heterocycles. The summed E-state index contributed by atoms with van der Waals surface area (Å²) in [7, 11) is 0. The number of hydrogen-bond donors (Lipinski definition) is 2. The van der Waals surface area contributed by atoms with Crippen molar-refractivity contribution in [3.05, 3.63) is 52.5 Å². The molecule has 0 radical (unpaired) electrons. The normalized spacial score (nSPS) is 10.3. The Morgan fingerprint density at radius 2 is 1.71 bits per heavy atom. The molecule has 0 fully saturated rings. The minimum Gasteiger partial charge on any atom is -0.397 e. The summed E-state index contributed by atoms with van der Waals surface area (Å²) in [5.74, 6) is 0. The van der Waals surface area contributed by atoms with Gasteiger partial charge in [-0.15, -0.1) is 0 Å². The zero-order chi connectivity index (χ0) is 12.4. The molecule has 0 spiro atoms. The van der Waals surface area contributed by atoms with Gasteiger partial charge < -0.3 is 11.1 Å². The lowest BCUT2D eigenvalue weighted by molar-refractivity contribution is 1.41. The standard InChI is InChI=1S/C14H15ClN2/c1-9-5-3-4-6-13(9)17-14-7-10(2)11(15)8-12(14)16/h3-8,17H,16H2,1-2H3. The molecule has 3 heteroatoms. The molecule has 0 aliphatic rings. The molecule has 0 heterocycles. The predicted octanol–water partition coefficient (Wildman–Crippen LogP) is 4.28. The highest BCUT2D eigenvalue weighted by Crippen LogP contribution is 2.30. The van der Waals surface area contributed by atoms with Gasteiger partial charge in [-0.3, -0.25) is 0 Å². The summed E-state index contributed by atoms with van der Waals surface area (Å²) in [6, 6.07) is 11.8. The number of anilines is 3. The van der Waals surface area contributed by atoms with E-state index in [1.165, 1.54) is 5.56 Å². The van der Waals surface area contributed by atoms with Crippen molar-refractivity contribution in [3.63, 3.8) is 0 Å². The van der Waals surface area contributed by atoms with Crippen LogP contribution in [0.15, 0.2) is 36.4 Å². The van der Waals surface area contributed by atoms with Gasteiger partial charge in [0.2, 0.25) is 0 Å². The van der Waals surface area contributed by atoms with E-state index in [-0.39, 0.29) is 0 Å². The van der Waals surface area contributed by atoms with Crippen LogP contribution in [0.2, 0.25) is 5.02 Å². The van der Waals surface area contributed by atoms with Gasteiger partial charge in [-0.1, -0.05) is 29.8 Å². The van der Waals surface area contributed by atoms with Crippen molar-refractivity contribution in [1.82, 2.24) is 0 Å². The first-order chi connectivity index (χ1) is 8.08. The van der Waals surface area contributed by atoms with Crippen molar-refractivity contribution < 1.29 is 0 Å². The van der Waals surface area contributed by atoms with E-state index in [0.29, 0.717) is 10.7 Å². The van der Waals surface area contributed by atoms with Crippen LogP contribution in [0.3, 0.4) is 0 Å². The second-order valence-corrected chi connectivity index (χ2v) is 4.54. The number of benzene rings is 2. The minimum atomic E-state index is 0.656. The Bertz CT molecular complexity index is 550. The molecular weight excluding hydrogens is 232 g/mol. The van der Waals surface area contributed by atoms with Gasteiger partial charge in [0.05, 0.1) is 11.4 Å². The van der Waals surface area contributed by atoms with Crippen LogP contribution in [0.25, 0.3) is 0 Å². The lowest BCUT2D eigenvalue weighted by Crippen LogP contribution is -1.98. The lowest BCUT2D eigenvalue weighted by atomic mass is 10.1. The van der Waals surface area contributed by atoms with E-state index in [2.05, 4.69) is 18.3 Å². The molecule has 0 aliphatic heterocycles. The number of hydrogen-bond acceptors (Lipinski definition) is 2. The zero-order valence-electron chi connectivity index (χ0n) is 9.92. The van der Waals surface area contributed by atoms with Crippen LogP contribution in [-0.4, -0.2) is 0 Å². The summed E-state index contributed by atoms with van der Waals surface area (Å²) >= 11 is 6.01. The molecular formula is C14H15ClN2. The van der Waals surface area contributed by atoms with Crippen molar-refractivity contribution in [2.24, 2.45) is 0 Å². The molecule has 2 nitrogen and oxygen atoms in total. The van der Waals surface area contributed by atoms with Crippen molar-refractivity contribution in [2.75, 3.05) is 11.1 Å². The Balaban J connectivity index is 2.37. The average Bonchev–Trinajstić information content (AvgIpc) is 2.29. The van der Waals surface area contributed by atoms with Crippen LogP contribution < -0.4 is 11.1 Å². The monoisotopic (exact) mass is 246 g/mol. The lowest BCUT2D eigenvalue weighted by Gasteiger charge is -2.13. The van der Waals surface area contributed by atoms with Gasteiger partial charge in [0, 0.05) is 10.7 Å².